The third-order valence-corrected chi connectivity index (χ3v) is 5.84. The van der Waals surface area contributed by atoms with Gasteiger partial charge in [0.15, 0.2) is 5.43 Å². The first-order valence-electron chi connectivity index (χ1n) is 9.43. The average molecular weight is 334 g/mol. The highest BCUT2D eigenvalue weighted by molar-refractivity contribution is 5.93. The van der Waals surface area contributed by atoms with Crippen LogP contribution in [0.3, 0.4) is 0 Å². The summed E-state index contributed by atoms with van der Waals surface area (Å²) in [5, 5.41) is 1.64. The first-order chi connectivity index (χ1) is 12.2. The highest BCUT2D eigenvalue weighted by atomic mass is 16.1. The van der Waals surface area contributed by atoms with Crippen LogP contribution in [0.4, 0.5) is 0 Å². The van der Waals surface area contributed by atoms with Gasteiger partial charge >= 0.3 is 0 Å². The average Bonchev–Trinajstić information content (AvgIpc) is 2.64. The third kappa shape index (κ3) is 2.87. The lowest BCUT2D eigenvalue weighted by Gasteiger charge is -2.39. The molecule has 0 bridgehead atoms. The molecule has 2 heterocycles. The number of nitrogens with zero attached hydrogens (tertiary/aromatic N) is 2. The molecule has 25 heavy (non-hydrogen) atoms. The Hall–Kier alpha value is -2.13. The molecule has 0 amide bonds. The van der Waals surface area contributed by atoms with Gasteiger partial charge in [-0.25, -0.2) is 0 Å². The Kier molecular flexibility index (Phi) is 4.34. The summed E-state index contributed by atoms with van der Waals surface area (Å²) >= 11 is 0. The number of hydrogen-bond donors (Lipinski definition) is 0. The molecule has 0 aliphatic carbocycles. The van der Waals surface area contributed by atoms with Crippen LogP contribution in [0.5, 0.6) is 0 Å². The number of piperidine rings is 1. The fourth-order valence-corrected chi connectivity index (χ4v) is 4.45. The van der Waals surface area contributed by atoms with E-state index in [-0.39, 0.29) is 5.43 Å². The van der Waals surface area contributed by atoms with Crippen LogP contribution in [0, 0.1) is 0 Å². The summed E-state index contributed by atoms with van der Waals surface area (Å²) in [7, 11) is 0. The fourth-order valence-electron chi connectivity index (χ4n) is 4.45. The molecule has 0 saturated carbocycles. The molecule has 1 aliphatic rings. The molecule has 1 saturated heterocycles. The lowest BCUT2D eigenvalue weighted by atomic mass is 9.97. The van der Waals surface area contributed by atoms with Crippen LogP contribution >= 0.6 is 0 Å². The Bertz CT molecular complexity index is 889. The molecule has 130 valence electrons. The van der Waals surface area contributed by atoms with Crippen LogP contribution < -0.4 is 5.43 Å². The predicted molar refractivity (Wildman–Crippen MR) is 105 cm³/mol. The molecule has 3 aromatic rings. The maximum absolute atomic E-state index is 12.8. The second-order valence-corrected chi connectivity index (χ2v) is 7.38. The molecule has 2 aromatic carbocycles. The Labute approximate surface area is 148 Å². The topological polar surface area (TPSA) is 25.2 Å². The molecule has 4 rings (SSSR count). The lowest BCUT2D eigenvalue weighted by Crippen LogP contribution is -2.45. The third-order valence-electron chi connectivity index (χ3n) is 5.84. The molecule has 1 aromatic heterocycles. The fraction of sp³-hybridized carbons (Fsp3) is 0.409. The van der Waals surface area contributed by atoms with Gasteiger partial charge in [-0.1, -0.05) is 30.7 Å². The largest absolute Gasteiger partial charge is 0.339 e. The van der Waals surface area contributed by atoms with Crippen molar-refractivity contribution in [2.45, 2.75) is 51.7 Å². The minimum absolute atomic E-state index is 0.141. The standard InChI is InChI=1S/C22H26N2O/c1-16-8-7-9-17(2)23(16)14-15-24-20-12-5-3-10-18(20)22(25)19-11-4-6-13-21(19)24/h3-6,10-13,16-17H,7-9,14-15H2,1-2H3. The number of fused-ring (bicyclic) bond motifs is 2. The Morgan fingerprint density at radius 2 is 1.36 bits per heavy atom. The maximum Gasteiger partial charge on any atom is 0.197 e. The number of aromatic nitrogens is 1. The van der Waals surface area contributed by atoms with Gasteiger partial charge in [-0.15, -0.1) is 0 Å². The van der Waals surface area contributed by atoms with E-state index < -0.39 is 0 Å². The molecule has 0 spiro atoms. The summed E-state index contributed by atoms with van der Waals surface area (Å²) in [6.45, 7) is 6.63. The molecule has 0 radical (unpaired) electrons. The highest BCUT2D eigenvalue weighted by Gasteiger charge is 2.24. The Balaban J connectivity index is 1.80. The predicted octanol–water partition coefficient (Wildman–Crippen LogP) is 4.42. The van der Waals surface area contributed by atoms with E-state index in [1.165, 1.54) is 19.3 Å². The van der Waals surface area contributed by atoms with Gasteiger partial charge in [0.05, 0.1) is 11.0 Å². The van der Waals surface area contributed by atoms with Gasteiger partial charge in [-0.2, -0.15) is 0 Å². The summed E-state index contributed by atoms with van der Waals surface area (Å²) in [5.41, 5.74) is 2.23. The van der Waals surface area contributed by atoms with E-state index in [2.05, 4.69) is 35.4 Å². The van der Waals surface area contributed by atoms with E-state index in [4.69, 9.17) is 0 Å². The van der Waals surface area contributed by atoms with E-state index in [9.17, 15) is 4.79 Å². The smallest absolute Gasteiger partial charge is 0.197 e. The summed E-state index contributed by atoms with van der Waals surface area (Å²) in [4.78, 5) is 15.5. The second kappa shape index (κ2) is 6.64. The van der Waals surface area contributed by atoms with Gasteiger partial charge in [0, 0.05) is 35.9 Å². The van der Waals surface area contributed by atoms with Crippen molar-refractivity contribution in [2.75, 3.05) is 6.54 Å². The SMILES string of the molecule is CC1CCCC(C)N1CCn1c2ccccc2c(=O)c2ccccc21. The molecule has 1 aliphatic heterocycles. The minimum Gasteiger partial charge on any atom is -0.339 e. The number of para-hydroxylation sites is 2. The number of pyridine rings is 1. The summed E-state index contributed by atoms with van der Waals surface area (Å²) in [6, 6.07) is 17.3. The summed E-state index contributed by atoms with van der Waals surface area (Å²) in [5.74, 6) is 0. The molecule has 0 N–H and O–H groups in total. The highest BCUT2D eigenvalue weighted by Crippen LogP contribution is 2.24. The van der Waals surface area contributed by atoms with Gasteiger partial charge in [-0.05, 0) is 51.0 Å². The zero-order valence-corrected chi connectivity index (χ0v) is 15.1. The van der Waals surface area contributed by atoms with Gasteiger partial charge in [0.1, 0.15) is 0 Å². The summed E-state index contributed by atoms with van der Waals surface area (Å²) in [6.07, 6.45) is 3.91. The molecule has 3 nitrogen and oxygen atoms in total. The van der Waals surface area contributed by atoms with Gasteiger partial charge < -0.3 is 4.57 Å². The quantitative estimate of drug-likeness (QED) is 0.663. The number of benzene rings is 2. The zero-order valence-electron chi connectivity index (χ0n) is 15.1. The van der Waals surface area contributed by atoms with Crippen LogP contribution in [0.1, 0.15) is 33.1 Å². The maximum atomic E-state index is 12.8. The van der Waals surface area contributed by atoms with E-state index in [0.717, 1.165) is 34.9 Å². The second-order valence-electron chi connectivity index (χ2n) is 7.38. The van der Waals surface area contributed by atoms with Crippen molar-refractivity contribution >= 4 is 21.8 Å². The van der Waals surface area contributed by atoms with E-state index in [0.29, 0.717) is 12.1 Å². The molecule has 2 atom stereocenters. The minimum atomic E-state index is 0.141. The van der Waals surface area contributed by atoms with Crippen molar-refractivity contribution in [2.24, 2.45) is 0 Å². The van der Waals surface area contributed by atoms with Crippen molar-refractivity contribution in [1.82, 2.24) is 9.47 Å². The monoisotopic (exact) mass is 334 g/mol. The van der Waals surface area contributed by atoms with Crippen LogP contribution in [-0.4, -0.2) is 28.1 Å². The van der Waals surface area contributed by atoms with Gasteiger partial charge in [-0.3, -0.25) is 9.69 Å². The van der Waals surface area contributed by atoms with Crippen molar-refractivity contribution < 1.29 is 0 Å². The number of rotatable bonds is 3. The Morgan fingerprint density at radius 1 is 0.840 bits per heavy atom. The van der Waals surface area contributed by atoms with Gasteiger partial charge in [0.2, 0.25) is 0 Å². The van der Waals surface area contributed by atoms with E-state index >= 15 is 0 Å². The van der Waals surface area contributed by atoms with Crippen LogP contribution in [0.2, 0.25) is 0 Å². The lowest BCUT2D eigenvalue weighted by molar-refractivity contribution is 0.0999. The summed E-state index contributed by atoms with van der Waals surface area (Å²) < 4.78 is 2.33. The van der Waals surface area contributed by atoms with Crippen molar-refractivity contribution in [1.29, 1.82) is 0 Å². The Morgan fingerprint density at radius 3 is 1.92 bits per heavy atom. The van der Waals surface area contributed by atoms with Crippen molar-refractivity contribution in [3.05, 3.63) is 58.8 Å². The first-order valence-corrected chi connectivity index (χ1v) is 9.43. The molecular weight excluding hydrogens is 308 g/mol. The molecule has 2 unspecified atom stereocenters. The first kappa shape index (κ1) is 16.3. The van der Waals surface area contributed by atoms with Gasteiger partial charge in [0.25, 0.3) is 0 Å². The van der Waals surface area contributed by atoms with Crippen LogP contribution in [0.25, 0.3) is 21.8 Å². The van der Waals surface area contributed by atoms with Crippen molar-refractivity contribution in [3.8, 4) is 0 Å². The van der Waals surface area contributed by atoms with E-state index in [1.807, 2.05) is 36.4 Å². The number of likely N-dealkylation sites (tertiary alicyclic amines) is 1. The van der Waals surface area contributed by atoms with Crippen LogP contribution in [-0.2, 0) is 6.54 Å². The van der Waals surface area contributed by atoms with Crippen molar-refractivity contribution in [3.63, 3.8) is 0 Å². The molecule has 1 fully saturated rings. The molecular formula is C22H26N2O. The van der Waals surface area contributed by atoms with E-state index in [1.54, 1.807) is 0 Å². The zero-order chi connectivity index (χ0) is 17.4. The number of hydrogen-bond acceptors (Lipinski definition) is 2. The normalized spacial score (nSPS) is 21.8. The van der Waals surface area contributed by atoms with Crippen LogP contribution in [0.15, 0.2) is 53.3 Å². The molecule has 3 heteroatoms.